The Bertz CT molecular complexity index is 1040. The number of hydrazine groups is 1. The Morgan fingerprint density at radius 3 is 2.07 bits per heavy atom. The van der Waals surface area contributed by atoms with Gasteiger partial charge < -0.3 is 5.73 Å². The molecule has 0 saturated carbocycles. The molecular weight excluding hydrogens is 414 g/mol. The third-order valence-corrected chi connectivity index (χ3v) is 3.97. The quantitative estimate of drug-likeness (QED) is 0.374. The standard InChI is InChI=1S/C18H14F6N6/c19-17(20,21)15-9-16(18(22,23)24)30(28-15)13-3-1-11(2-4-13)14(25)10-29(26)12-5-7-27-8-6-12/h1-10H,25-26H2/b14-10-. The van der Waals surface area contributed by atoms with Crippen molar-refractivity contribution in [3.8, 4) is 5.69 Å². The minimum absolute atomic E-state index is 0.0385. The van der Waals surface area contributed by atoms with E-state index in [2.05, 4.69) is 10.1 Å². The van der Waals surface area contributed by atoms with Crippen molar-refractivity contribution in [2.24, 2.45) is 11.6 Å². The van der Waals surface area contributed by atoms with Crippen molar-refractivity contribution < 1.29 is 26.3 Å². The average Bonchev–Trinajstić information content (AvgIpc) is 3.15. The summed E-state index contributed by atoms with van der Waals surface area (Å²) in [6.07, 6.45) is -5.63. The van der Waals surface area contributed by atoms with Crippen LogP contribution in [0.5, 0.6) is 0 Å². The second kappa shape index (κ2) is 7.71. The van der Waals surface area contributed by atoms with Gasteiger partial charge in [-0.3, -0.25) is 9.99 Å². The average molecular weight is 428 g/mol. The Morgan fingerprint density at radius 2 is 1.53 bits per heavy atom. The number of anilines is 1. The maximum absolute atomic E-state index is 13.2. The van der Waals surface area contributed by atoms with Crippen LogP contribution in [0.1, 0.15) is 17.0 Å². The van der Waals surface area contributed by atoms with Crippen molar-refractivity contribution in [1.29, 1.82) is 0 Å². The summed E-state index contributed by atoms with van der Waals surface area (Å²) in [7, 11) is 0. The molecule has 158 valence electrons. The highest BCUT2D eigenvalue weighted by Gasteiger charge is 2.42. The summed E-state index contributed by atoms with van der Waals surface area (Å²) in [6, 6.07) is 8.25. The van der Waals surface area contributed by atoms with Crippen molar-refractivity contribution in [3.05, 3.63) is 78.0 Å². The predicted octanol–water partition coefficient (Wildman–Crippen LogP) is 3.94. The lowest BCUT2D eigenvalue weighted by Gasteiger charge is -2.15. The highest BCUT2D eigenvalue weighted by atomic mass is 19.4. The maximum atomic E-state index is 13.2. The van der Waals surface area contributed by atoms with Crippen molar-refractivity contribution in [2.75, 3.05) is 5.01 Å². The Hall–Kier alpha value is -3.54. The molecule has 12 heteroatoms. The van der Waals surface area contributed by atoms with Gasteiger partial charge >= 0.3 is 12.4 Å². The molecule has 6 nitrogen and oxygen atoms in total. The monoisotopic (exact) mass is 428 g/mol. The Labute approximate surface area is 166 Å². The highest BCUT2D eigenvalue weighted by molar-refractivity contribution is 5.66. The third-order valence-electron chi connectivity index (χ3n) is 3.97. The molecule has 2 aromatic heterocycles. The van der Waals surface area contributed by atoms with Crippen LogP contribution in [0.25, 0.3) is 11.4 Å². The number of halogens is 6. The van der Waals surface area contributed by atoms with Crippen LogP contribution in [0, 0.1) is 0 Å². The van der Waals surface area contributed by atoms with Gasteiger partial charge in [0.25, 0.3) is 0 Å². The lowest BCUT2D eigenvalue weighted by atomic mass is 10.1. The van der Waals surface area contributed by atoms with Crippen LogP contribution in [0.4, 0.5) is 32.0 Å². The topological polar surface area (TPSA) is 86.0 Å². The number of nitrogens with two attached hydrogens (primary N) is 2. The third kappa shape index (κ3) is 4.54. The number of alkyl halides is 6. The number of pyridine rings is 1. The summed E-state index contributed by atoms with van der Waals surface area (Å²) in [5.41, 5.74) is 3.69. The lowest BCUT2D eigenvalue weighted by molar-refractivity contribution is -0.143. The van der Waals surface area contributed by atoms with E-state index < -0.39 is 23.7 Å². The molecule has 0 saturated heterocycles. The van der Waals surface area contributed by atoms with E-state index in [-0.39, 0.29) is 22.1 Å². The molecule has 0 atom stereocenters. The smallest absolute Gasteiger partial charge is 0.397 e. The number of aromatic nitrogens is 3. The van der Waals surface area contributed by atoms with E-state index in [0.29, 0.717) is 11.3 Å². The predicted molar refractivity (Wildman–Crippen MR) is 96.6 cm³/mol. The van der Waals surface area contributed by atoms with E-state index >= 15 is 0 Å². The molecule has 0 aliphatic rings. The number of benzene rings is 1. The van der Waals surface area contributed by atoms with Gasteiger partial charge in [0.2, 0.25) is 0 Å². The van der Waals surface area contributed by atoms with Gasteiger partial charge in [-0.15, -0.1) is 0 Å². The first-order valence-electron chi connectivity index (χ1n) is 8.23. The highest BCUT2D eigenvalue weighted by Crippen LogP contribution is 2.36. The normalized spacial score (nSPS) is 12.8. The molecule has 0 fully saturated rings. The van der Waals surface area contributed by atoms with Crippen molar-refractivity contribution >= 4 is 11.4 Å². The minimum Gasteiger partial charge on any atom is -0.397 e. The second-order valence-electron chi connectivity index (χ2n) is 6.07. The van der Waals surface area contributed by atoms with Crippen molar-refractivity contribution in [3.63, 3.8) is 0 Å². The van der Waals surface area contributed by atoms with Gasteiger partial charge in [-0.1, -0.05) is 12.1 Å². The summed E-state index contributed by atoms with van der Waals surface area (Å²) in [6.45, 7) is 0. The molecule has 0 spiro atoms. The number of nitrogens with zero attached hydrogens (tertiary/aromatic N) is 4. The molecular formula is C18H14F6N6. The zero-order chi connectivity index (χ0) is 22.1. The van der Waals surface area contributed by atoms with Crippen molar-refractivity contribution in [2.45, 2.75) is 12.4 Å². The Balaban J connectivity index is 1.92. The van der Waals surface area contributed by atoms with Crippen LogP contribution in [0.2, 0.25) is 0 Å². The maximum Gasteiger partial charge on any atom is 0.435 e. The van der Waals surface area contributed by atoms with Gasteiger partial charge in [0.1, 0.15) is 5.69 Å². The van der Waals surface area contributed by atoms with Gasteiger partial charge in [-0.05, 0) is 29.8 Å². The van der Waals surface area contributed by atoms with E-state index in [4.69, 9.17) is 11.6 Å². The van der Waals surface area contributed by atoms with E-state index in [9.17, 15) is 26.3 Å². The largest absolute Gasteiger partial charge is 0.435 e. The van der Waals surface area contributed by atoms with E-state index in [1.54, 1.807) is 12.1 Å². The lowest BCUT2D eigenvalue weighted by Crippen LogP contribution is -2.25. The first-order valence-corrected chi connectivity index (χ1v) is 8.23. The summed E-state index contributed by atoms with van der Waals surface area (Å²) in [5, 5.41) is 4.29. The van der Waals surface area contributed by atoms with Crippen LogP contribution >= 0.6 is 0 Å². The van der Waals surface area contributed by atoms with Gasteiger partial charge in [0.15, 0.2) is 5.69 Å². The van der Waals surface area contributed by atoms with Crippen LogP contribution < -0.4 is 16.6 Å². The van der Waals surface area contributed by atoms with Gasteiger partial charge in [-0.25, -0.2) is 10.5 Å². The van der Waals surface area contributed by atoms with Crippen LogP contribution in [0.3, 0.4) is 0 Å². The van der Waals surface area contributed by atoms with Gasteiger partial charge in [0.05, 0.1) is 17.1 Å². The van der Waals surface area contributed by atoms with E-state index in [1.165, 1.54) is 47.9 Å². The fourth-order valence-electron chi connectivity index (χ4n) is 2.53. The summed E-state index contributed by atoms with van der Waals surface area (Å²) >= 11 is 0. The molecule has 0 amide bonds. The van der Waals surface area contributed by atoms with Gasteiger partial charge in [0, 0.05) is 24.7 Å². The van der Waals surface area contributed by atoms with Crippen LogP contribution in [0.15, 0.2) is 61.1 Å². The summed E-state index contributed by atoms with van der Waals surface area (Å²) in [5.74, 6) is 5.87. The SMILES string of the molecule is N/C(=C\N(N)c1ccncc1)c1ccc(-n2nc(C(F)(F)F)cc2C(F)(F)F)cc1. The fraction of sp³-hybridized carbons (Fsp3) is 0.111. The molecule has 1 aromatic carbocycles. The number of hydrogen-bond donors (Lipinski definition) is 2. The molecule has 0 aliphatic carbocycles. The molecule has 30 heavy (non-hydrogen) atoms. The van der Waals surface area contributed by atoms with E-state index in [1.807, 2.05) is 0 Å². The zero-order valence-corrected chi connectivity index (χ0v) is 15.0. The molecule has 3 aromatic rings. The Morgan fingerprint density at radius 1 is 0.933 bits per heavy atom. The summed E-state index contributed by atoms with van der Waals surface area (Å²) in [4.78, 5) is 3.85. The molecule has 0 bridgehead atoms. The first-order chi connectivity index (χ1) is 14.0. The molecule has 0 radical (unpaired) electrons. The van der Waals surface area contributed by atoms with Crippen LogP contribution in [-0.2, 0) is 12.4 Å². The van der Waals surface area contributed by atoms with Crippen molar-refractivity contribution in [1.82, 2.24) is 14.8 Å². The van der Waals surface area contributed by atoms with Crippen LogP contribution in [-0.4, -0.2) is 14.8 Å². The number of rotatable bonds is 4. The van der Waals surface area contributed by atoms with E-state index in [0.717, 1.165) is 0 Å². The molecule has 4 N–H and O–H groups in total. The Kier molecular flexibility index (Phi) is 5.44. The molecule has 3 rings (SSSR count). The molecule has 2 heterocycles. The molecule has 0 unspecified atom stereocenters. The first kappa shape index (κ1) is 21.2. The second-order valence-corrected chi connectivity index (χ2v) is 6.07. The molecule has 0 aliphatic heterocycles. The zero-order valence-electron chi connectivity index (χ0n) is 15.0. The number of hydrogen-bond acceptors (Lipinski definition) is 5. The minimum atomic E-state index is -5.03. The van der Waals surface area contributed by atoms with Gasteiger partial charge in [-0.2, -0.15) is 31.4 Å². The fourth-order valence-corrected chi connectivity index (χ4v) is 2.53. The summed E-state index contributed by atoms with van der Waals surface area (Å²) < 4.78 is 78.2.